The first-order valence-electron chi connectivity index (χ1n) is 8.52. The van der Waals surface area contributed by atoms with Crippen LogP contribution in [0.2, 0.25) is 10.0 Å². The number of anilines is 1. The molecule has 0 radical (unpaired) electrons. The van der Waals surface area contributed by atoms with E-state index in [0.29, 0.717) is 20.9 Å². The lowest BCUT2D eigenvalue weighted by molar-refractivity contribution is -0.119. The Hall–Kier alpha value is -2.61. The normalized spacial score (nSPS) is 10.6. The van der Waals surface area contributed by atoms with Crippen molar-refractivity contribution in [1.82, 2.24) is 9.88 Å². The van der Waals surface area contributed by atoms with E-state index in [1.54, 1.807) is 30.3 Å². The highest BCUT2D eigenvalue weighted by Gasteiger charge is 2.23. The van der Waals surface area contributed by atoms with Gasteiger partial charge < -0.3 is 9.32 Å². The molecule has 3 aromatic rings. The lowest BCUT2D eigenvalue weighted by atomic mass is 10.2. The number of likely N-dealkylation sites (N-methyl/N-ethyl adjacent to an activating group) is 1. The van der Waals surface area contributed by atoms with Crippen LogP contribution in [-0.2, 0) is 4.79 Å². The van der Waals surface area contributed by atoms with Gasteiger partial charge in [0.05, 0.1) is 22.0 Å². The first-order valence-corrected chi connectivity index (χ1v) is 10.2. The van der Waals surface area contributed by atoms with E-state index in [2.05, 4.69) is 11.6 Å². The minimum atomic E-state index is -0.377. The molecule has 0 aliphatic carbocycles. The van der Waals surface area contributed by atoms with E-state index in [1.165, 1.54) is 34.4 Å². The van der Waals surface area contributed by atoms with Crippen LogP contribution in [0.25, 0.3) is 11.3 Å². The van der Waals surface area contributed by atoms with Crippen molar-refractivity contribution in [2.24, 2.45) is 0 Å². The van der Waals surface area contributed by atoms with Gasteiger partial charge in [-0.2, -0.15) is 0 Å². The van der Waals surface area contributed by atoms with Gasteiger partial charge in [-0.1, -0.05) is 35.3 Å². The van der Waals surface area contributed by atoms with E-state index >= 15 is 0 Å². The highest BCUT2D eigenvalue weighted by Crippen LogP contribution is 2.31. The number of hydrogen-bond acceptors (Lipinski definition) is 5. The predicted octanol–water partition coefficient (Wildman–Crippen LogP) is 5.00. The molecule has 2 aromatic heterocycles. The molecule has 2 heterocycles. The molecule has 0 aliphatic rings. The van der Waals surface area contributed by atoms with Crippen LogP contribution < -0.4 is 4.90 Å². The Morgan fingerprint density at radius 3 is 2.72 bits per heavy atom. The molecule has 29 heavy (non-hydrogen) atoms. The maximum absolute atomic E-state index is 12.8. The summed E-state index contributed by atoms with van der Waals surface area (Å²) in [4.78, 5) is 32.5. The molecule has 3 rings (SSSR count). The molecule has 1 aromatic carbocycles. The number of amides is 2. The molecule has 2 amide bonds. The van der Waals surface area contributed by atoms with Gasteiger partial charge in [0.25, 0.3) is 5.91 Å². The zero-order chi connectivity index (χ0) is 21.0. The molecular formula is C20H17Cl2N3O3S. The van der Waals surface area contributed by atoms with E-state index in [4.69, 9.17) is 27.6 Å². The quantitative estimate of drug-likeness (QED) is 0.475. The van der Waals surface area contributed by atoms with Gasteiger partial charge in [-0.15, -0.1) is 17.9 Å². The second-order valence-corrected chi connectivity index (χ2v) is 7.73. The van der Waals surface area contributed by atoms with E-state index in [1.807, 2.05) is 11.4 Å². The summed E-state index contributed by atoms with van der Waals surface area (Å²) in [5.74, 6) is -0.494. The van der Waals surface area contributed by atoms with Crippen LogP contribution in [0, 0.1) is 0 Å². The molecule has 150 valence electrons. The van der Waals surface area contributed by atoms with E-state index in [0.717, 1.165) is 5.56 Å². The number of hydrogen-bond donors (Lipinski definition) is 0. The van der Waals surface area contributed by atoms with E-state index in [-0.39, 0.29) is 30.7 Å². The van der Waals surface area contributed by atoms with Crippen LogP contribution in [0.5, 0.6) is 0 Å². The Labute approximate surface area is 182 Å². The molecule has 6 nitrogen and oxygen atoms in total. The van der Waals surface area contributed by atoms with Gasteiger partial charge in [0.1, 0.15) is 6.54 Å². The standard InChI is InChI=1S/C20H17Cl2N3O3S/c1-3-8-25(18(26)11-24(2)19(27)17-5-4-9-28-17)20-23-16(12-29-20)13-6-7-14(21)15(22)10-13/h3-7,9-10,12H,1,8,11H2,2H3. The fourth-order valence-electron chi connectivity index (χ4n) is 2.54. The Bertz CT molecular complexity index is 1030. The number of thiazole rings is 1. The monoisotopic (exact) mass is 449 g/mol. The van der Waals surface area contributed by atoms with Crippen LogP contribution in [-0.4, -0.2) is 41.8 Å². The molecule has 0 saturated carbocycles. The third-order valence-electron chi connectivity index (χ3n) is 4.00. The maximum atomic E-state index is 12.8. The number of carbonyl (C=O) groups is 2. The van der Waals surface area contributed by atoms with Gasteiger partial charge in [-0.25, -0.2) is 4.98 Å². The molecule has 0 saturated heterocycles. The van der Waals surface area contributed by atoms with Crippen molar-refractivity contribution in [2.45, 2.75) is 0 Å². The lowest BCUT2D eigenvalue weighted by Gasteiger charge is -2.22. The summed E-state index contributed by atoms with van der Waals surface area (Å²) in [5, 5.41) is 3.21. The second kappa shape index (κ2) is 9.26. The molecule has 0 bridgehead atoms. The van der Waals surface area contributed by atoms with Crippen molar-refractivity contribution < 1.29 is 14.0 Å². The molecule has 0 atom stereocenters. The van der Waals surface area contributed by atoms with Crippen LogP contribution in [0.15, 0.2) is 59.0 Å². The zero-order valence-corrected chi connectivity index (χ0v) is 17.8. The van der Waals surface area contributed by atoms with Crippen molar-refractivity contribution in [2.75, 3.05) is 25.0 Å². The SMILES string of the molecule is C=CCN(C(=O)CN(C)C(=O)c1ccco1)c1nc(-c2ccc(Cl)c(Cl)c2)cs1. The van der Waals surface area contributed by atoms with Gasteiger partial charge in [0.15, 0.2) is 10.9 Å². The Morgan fingerprint density at radius 2 is 2.07 bits per heavy atom. The summed E-state index contributed by atoms with van der Waals surface area (Å²) in [6.07, 6.45) is 3.01. The van der Waals surface area contributed by atoms with Crippen molar-refractivity contribution >= 4 is 51.5 Å². The topological polar surface area (TPSA) is 66.7 Å². The third kappa shape index (κ3) is 4.87. The van der Waals surface area contributed by atoms with Crippen molar-refractivity contribution in [3.05, 3.63) is 70.4 Å². The molecule has 0 aliphatic heterocycles. The summed E-state index contributed by atoms with van der Waals surface area (Å²) in [7, 11) is 1.54. The highest BCUT2D eigenvalue weighted by molar-refractivity contribution is 7.14. The van der Waals surface area contributed by atoms with Gasteiger partial charge in [0, 0.05) is 24.5 Å². The summed E-state index contributed by atoms with van der Waals surface area (Å²) in [6.45, 7) is 3.83. The molecule has 0 spiro atoms. The summed E-state index contributed by atoms with van der Waals surface area (Å²) in [6, 6.07) is 8.39. The Morgan fingerprint density at radius 1 is 1.28 bits per heavy atom. The molecule has 0 N–H and O–H groups in total. The minimum Gasteiger partial charge on any atom is -0.459 e. The highest BCUT2D eigenvalue weighted by atomic mass is 35.5. The largest absolute Gasteiger partial charge is 0.459 e. The maximum Gasteiger partial charge on any atom is 0.289 e. The second-order valence-electron chi connectivity index (χ2n) is 6.08. The summed E-state index contributed by atoms with van der Waals surface area (Å²) in [5.41, 5.74) is 1.46. The third-order valence-corrected chi connectivity index (χ3v) is 5.60. The number of nitrogens with zero attached hydrogens (tertiary/aromatic N) is 3. The first kappa shape index (κ1) is 21.1. The van der Waals surface area contributed by atoms with Crippen molar-refractivity contribution in [3.8, 4) is 11.3 Å². The fraction of sp³-hybridized carbons (Fsp3) is 0.150. The minimum absolute atomic E-state index is 0.130. The number of halogens is 2. The first-order chi connectivity index (χ1) is 13.9. The van der Waals surface area contributed by atoms with Crippen LogP contribution in [0.4, 0.5) is 5.13 Å². The van der Waals surface area contributed by atoms with Gasteiger partial charge in [-0.05, 0) is 24.3 Å². The number of benzene rings is 1. The Kier molecular flexibility index (Phi) is 6.74. The lowest BCUT2D eigenvalue weighted by Crippen LogP contribution is -2.41. The van der Waals surface area contributed by atoms with E-state index < -0.39 is 0 Å². The molecular weight excluding hydrogens is 433 g/mol. The van der Waals surface area contributed by atoms with Crippen LogP contribution in [0.1, 0.15) is 10.6 Å². The molecule has 0 fully saturated rings. The number of aromatic nitrogens is 1. The number of carbonyl (C=O) groups excluding carboxylic acids is 2. The molecule has 0 unspecified atom stereocenters. The van der Waals surface area contributed by atoms with Crippen molar-refractivity contribution in [1.29, 1.82) is 0 Å². The van der Waals surface area contributed by atoms with E-state index in [9.17, 15) is 9.59 Å². The van der Waals surface area contributed by atoms with Crippen LogP contribution >= 0.6 is 34.5 Å². The number of furan rings is 1. The smallest absolute Gasteiger partial charge is 0.289 e. The van der Waals surface area contributed by atoms with Gasteiger partial charge in [0.2, 0.25) is 5.91 Å². The fourth-order valence-corrected chi connectivity index (χ4v) is 3.70. The summed E-state index contributed by atoms with van der Waals surface area (Å²) >= 11 is 13.4. The number of rotatable bonds is 7. The average molecular weight is 450 g/mol. The zero-order valence-electron chi connectivity index (χ0n) is 15.5. The predicted molar refractivity (Wildman–Crippen MR) is 116 cm³/mol. The average Bonchev–Trinajstić information content (AvgIpc) is 3.39. The van der Waals surface area contributed by atoms with Crippen molar-refractivity contribution in [3.63, 3.8) is 0 Å². The summed E-state index contributed by atoms with van der Waals surface area (Å²) < 4.78 is 5.10. The van der Waals surface area contributed by atoms with Gasteiger partial charge >= 0.3 is 0 Å². The Balaban J connectivity index is 1.77. The van der Waals surface area contributed by atoms with Crippen LogP contribution in [0.3, 0.4) is 0 Å². The van der Waals surface area contributed by atoms with Gasteiger partial charge in [-0.3, -0.25) is 14.5 Å². The molecule has 9 heteroatoms.